The summed E-state index contributed by atoms with van der Waals surface area (Å²) in [6.45, 7) is 0.394. The van der Waals surface area contributed by atoms with Crippen molar-refractivity contribution in [3.8, 4) is 6.07 Å². The van der Waals surface area contributed by atoms with Crippen LogP contribution in [0.25, 0.3) is 10.9 Å². The molecular weight excluding hydrogens is 262 g/mol. The summed E-state index contributed by atoms with van der Waals surface area (Å²) in [6.07, 6.45) is 1.82. The van der Waals surface area contributed by atoms with Crippen LogP contribution in [-0.2, 0) is 6.54 Å². The molecule has 3 rings (SSSR count). The third-order valence-corrected chi connectivity index (χ3v) is 3.34. The van der Waals surface area contributed by atoms with Crippen molar-refractivity contribution in [2.75, 3.05) is 0 Å². The Balaban J connectivity index is 1.78. The fraction of sp³-hybridized carbons (Fsp3) is 0.0588. The number of para-hydroxylation sites is 1. The van der Waals surface area contributed by atoms with Gasteiger partial charge in [0, 0.05) is 18.1 Å². The molecule has 1 aromatic heterocycles. The molecule has 1 amide bonds. The largest absolute Gasteiger partial charge is 0.361 e. The number of carbonyl (C=O) groups is 1. The van der Waals surface area contributed by atoms with Crippen LogP contribution in [0.15, 0.2) is 54.7 Å². The number of amides is 1. The number of carbonyl (C=O) groups excluding carboxylic acids is 1. The van der Waals surface area contributed by atoms with Gasteiger partial charge < -0.3 is 10.3 Å². The van der Waals surface area contributed by atoms with E-state index >= 15 is 0 Å². The first kappa shape index (κ1) is 12.9. The van der Waals surface area contributed by atoms with Gasteiger partial charge in [0.15, 0.2) is 0 Å². The maximum atomic E-state index is 12.3. The SMILES string of the molecule is N#Cc1cccc(CNC(=O)c2cccc3cc[nH]c23)c1. The number of rotatable bonds is 3. The Morgan fingerprint density at radius 3 is 2.90 bits per heavy atom. The first-order valence-corrected chi connectivity index (χ1v) is 6.61. The minimum atomic E-state index is -0.134. The van der Waals surface area contributed by atoms with E-state index in [-0.39, 0.29) is 5.91 Å². The monoisotopic (exact) mass is 275 g/mol. The predicted octanol–water partition coefficient (Wildman–Crippen LogP) is 2.97. The summed E-state index contributed by atoms with van der Waals surface area (Å²) in [5, 5.41) is 12.8. The molecule has 1 heterocycles. The standard InChI is InChI=1S/C17H13N3O/c18-10-12-3-1-4-13(9-12)11-20-17(21)15-6-2-5-14-7-8-19-16(14)15/h1-9,19H,11H2,(H,20,21). The molecule has 0 saturated carbocycles. The molecule has 0 bridgehead atoms. The minimum Gasteiger partial charge on any atom is -0.361 e. The van der Waals surface area contributed by atoms with Crippen molar-refractivity contribution in [2.24, 2.45) is 0 Å². The number of aromatic nitrogens is 1. The van der Waals surface area contributed by atoms with Crippen molar-refractivity contribution in [2.45, 2.75) is 6.54 Å². The van der Waals surface area contributed by atoms with Gasteiger partial charge in [-0.15, -0.1) is 0 Å². The van der Waals surface area contributed by atoms with Gasteiger partial charge in [0.2, 0.25) is 0 Å². The maximum absolute atomic E-state index is 12.3. The predicted molar refractivity (Wildman–Crippen MR) is 80.6 cm³/mol. The van der Waals surface area contributed by atoms with Crippen LogP contribution < -0.4 is 5.32 Å². The van der Waals surface area contributed by atoms with Crippen LogP contribution in [0.5, 0.6) is 0 Å². The fourth-order valence-corrected chi connectivity index (χ4v) is 2.30. The molecule has 0 aliphatic heterocycles. The van der Waals surface area contributed by atoms with Crippen LogP contribution in [0.2, 0.25) is 0 Å². The maximum Gasteiger partial charge on any atom is 0.253 e. The Morgan fingerprint density at radius 2 is 2.05 bits per heavy atom. The summed E-state index contributed by atoms with van der Waals surface area (Å²) < 4.78 is 0. The van der Waals surface area contributed by atoms with Gasteiger partial charge in [0.25, 0.3) is 5.91 Å². The second-order valence-corrected chi connectivity index (χ2v) is 4.74. The molecule has 0 aliphatic rings. The van der Waals surface area contributed by atoms with Gasteiger partial charge in [-0.1, -0.05) is 24.3 Å². The van der Waals surface area contributed by atoms with E-state index < -0.39 is 0 Å². The molecule has 4 heteroatoms. The number of nitrogens with zero attached hydrogens (tertiary/aromatic N) is 1. The average molecular weight is 275 g/mol. The van der Waals surface area contributed by atoms with E-state index in [1.54, 1.807) is 18.2 Å². The molecule has 0 spiro atoms. The zero-order valence-corrected chi connectivity index (χ0v) is 11.3. The summed E-state index contributed by atoms with van der Waals surface area (Å²) >= 11 is 0. The van der Waals surface area contributed by atoms with Gasteiger partial charge >= 0.3 is 0 Å². The number of benzene rings is 2. The second-order valence-electron chi connectivity index (χ2n) is 4.74. The highest BCUT2D eigenvalue weighted by Gasteiger charge is 2.10. The van der Waals surface area contributed by atoms with Gasteiger partial charge in [-0.05, 0) is 29.8 Å². The zero-order chi connectivity index (χ0) is 14.7. The fourth-order valence-electron chi connectivity index (χ4n) is 2.30. The van der Waals surface area contributed by atoms with Crippen LogP contribution in [0.4, 0.5) is 0 Å². The highest BCUT2D eigenvalue weighted by Crippen LogP contribution is 2.16. The molecule has 0 saturated heterocycles. The van der Waals surface area contributed by atoms with Crippen LogP contribution >= 0.6 is 0 Å². The summed E-state index contributed by atoms with van der Waals surface area (Å²) in [5.41, 5.74) is 2.95. The first-order chi connectivity index (χ1) is 10.3. The van der Waals surface area contributed by atoms with Crippen molar-refractivity contribution >= 4 is 16.8 Å². The summed E-state index contributed by atoms with van der Waals surface area (Å²) in [7, 11) is 0. The van der Waals surface area contributed by atoms with Crippen molar-refractivity contribution in [3.63, 3.8) is 0 Å². The number of aromatic amines is 1. The number of fused-ring (bicyclic) bond motifs is 1. The molecule has 0 atom stereocenters. The van der Waals surface area contributed by atoms with Crippen LogP contribution in [0.1, 0.15) is 21.5 Å². The molecule has 2 N–H and O–H groups in total. The molecule has 0 aliphatic carbocycles. The van der Waals surface area contributed by atoms with Crippen LogP contribution in [0.3, 0.4) is 0 Å². The lowest BCUT2D eigenvalue weighted by molar-refractivity contribution is 0.0952. The molecule has 4 nitrogen and oxygen atoms in total. The second kappa shape index (κ2) is 5.51. The zero-order valence-electron chi connectivity index (χ0n) is 11.3. The summed E-state index contributed by atoms with van der Waals surface area (Å²) in [5.74, 6) is -0.134. The van der Waals surface area contributed by atoms with E-state index in [1.807, 2.05) is 36.5 Å². The summed E-state index contributed by atoms with van der Waals surface area (Å²) in [6, 6.07) is 16.8. The van der Waals surface area contributed by atoms with E-state index in [0.717, 1.165) is 16.5 Å². The Hall–Kier alpha value is -3.06. The van der Waals surface area contributed by atoms with Gasteiger partial charge in [0.1, 0.15) is 0 Å². The number of H-pyrrole nitrogens is 1. The van der Waals surface area contributed by atoms with Crippen molar-refractivity contribution < 1.29 is 4.79 Å². The lowest BCUT2D eigenvalue weighted by atomic mass is 10.1. The highest BCUT2D eigenvalue weighted by atomic mass is 16.1. The van der Waals surface area contributed by atoms with Crippen molar-refractivity contribution in [1.82, 2.24) is 10.3 Å². The lowest BCUT2D eigenvalue weighted by Gasteiger charge is -2.07. The molecule has 0 radical (unpaired) electrons. The van der Waals surface area contributed by atoms with Crippen LogP contribution in [0, 0.1) is 11.3 Å². The van der Waals surface area contributed by atoms with Crippen LogP contribution in [-0.4, -0.2) is 10.9 Å². The molecular formula is C17H13N3O. The topological polar surface area (TPSA) is 68.7 Å². The smallest absolute Gasteiger partial charge is 0.253 e. The van der Waals surface area contributed by atoms with E-state index in [9.17, 15) is 4.79 Å². The molecule has 21 heavy (non-hydrogen) atoms. The van der Waals surface area contributed by atoms with Gasteiger partial charge in [-0.2, -0.15) is 5.26 Å². The quantitative estimate of drug-likeness (QED) is 0.771. The molecule has 3 aromatic rings. The van der Waals surface area contributed by atoms with E-state index in [2.05, 4.69) is 16.4 Å². The minimum absolute atomic E-state index is 0.134. The Kier molecular flexibility index (Phi) is 3.40. The van der Waals surface area contributed by atoms with E-state index in [4.69, 9.17) is 5.26 Å². The van der Waals surface area contributed by atoms with E-state index in [1.165, 1.54) is 0 Å². The van der Waals surface area contributed by atoms with Gasteiger partial charge in [-0.3, -0.25) is 4.79 Å². The summed E-state index contributed by atoms with van der Waals surface area (Å²) in [4.78, 5) is 15.4. The van der Waals surface area contributed by atoms with E-state index in [0.29, 0.717) is 17.7 Å². The Labute approximate surface area is 122 Å². The Bertz CT molecular complexity index is 842. The number of hydrogen-bond acceptors (Lipinski definition) is 2. The van der Waals surface area contributed by atoms with Crippen molar-refractivity contribution in [1.29, 1.82) is 5.26 Å². The Morgan fingerprint density at radius 1 is 1.19 bits per heavy atom. The molecule has 2 aromatic carbocycles. The molecule has 102 valence electrons. The third kappa shape index (κ3) is 2.63. The number of nitriles is 1. The van der Waals surface area contributed by atoms with Crippen molar-refractivity contribution in [3.05, 3.63) is 71.4 Å². The number of nitrogens with one attached hydrogen (secondary N) is 2. The molecule has 0 fully saturated rings. The number of hydrogen-bond donors (Lipinski definition) is 2. The average Bonchev–Trinajstić information content (AvgIpc) is 3.01. The lowest BCUT2D eigenvalue weighted by Crippen LogP contribution is -2.23. The van der Waals surface area contributed by atoms with Gasteiger partial charge in [-0.25, -0.2) is 0 Å². The van der Waals surface area contributed by atoms with Gasteiger partial charge in [0.05, 0.1) is 22.7 Å². The molecule has 0 unspecified atom stereocenters. The highest BCUT2D eigenvalue weighted by molar-refractivity contribution is 6.05. The first-order valence-electron chi connectivity index (χ1n) is 6.61. The third-order valence-electron chi connectivity index (χ3n) is 3.34. The normalized spacial score (nSPS) is 10.2.